The number of benzene rings is 1. The Bertz CT molecular complexity index is 1200. The molecule has 8 heteroatoms. The summed E-state index contributed by atoms with van der Waals surface area (Å²) in [7, 11) is 0. The molecule has 4 aliphatic rings. The maximum atomic E-state index is 10.5. The maximum Gasteiger partial charge on any atom is 0.189 e. The largest absolute Gasteiger partial charge is 0.504 e. The molecule has 254 valence electrons. The number of phenols is 1. The highest BCUT2D eigenvalue weighted by Gasteiger charge is 2.46. The van der Waals surface area contributed by atoms with Crippen molar-refractivity contribution in [2.45, 2.75) is 109 Å². The van der Waals surface area contributed by atoms with E-state index >= 15 is 0 Å². The van der Waals surface area contributed by atoms with E-state index < -0.39 is 0 Å². The molecule has 5 rings (SSSR count). The van der Waals surface area contributed by atoms with Crippen molar-refractivity contribution in [2.24, 2.45) is 28.5 Å². The molecule has 0 bridgehead atoms. The summed E-state index contributed by atoms with van der Waals surface area (Å²) in [4.78, 5) is 5.07. The molecule has 2 aliphatic carbocycles. The number of rotatable bonds is 19. The summed E-state index contributed by atoms with van der Waals surface area (Å²) >= 11 is 0. The molecule has 0 saturated heterocycles. The molecular weight excluding hydrogens is 578 g/mol. The zero-order chi connectivity index (χ0) is 32.3. The summed E-state index contributed by atoms with van der Waals surface area (Å²) in [5.74, 6) is 2.56. The van der Waals surface area contributed by atoms with Gasteiger partial charge in [0.15, 0.2) is 23.3 Å². The molecule has 2 heterocycles. The summed E-state index contributed by atoms with van der Waals surface area (Å²) in [6, 6.07) is 6.63. The number of hydrogen-bond donors (Lipinski definition) is 5. The number of aromatic hydroxyl groups is 1. The Morgan fingerprint density at radius 3 is 2.85 bits per heavy atom. The van der Waals surface area contributed by atoms with Crippen LogP contribution in [0.3, 0.4) is 0 Å². The van der Waals surface area contributed by atoms with Crippen molar-refractivity contribution in [1.82, 2.24) is 5.32 Å². The molecule has 0 radical (unpaired) electrons. The quantitative estimate of drug-likeness (QED) is 0.0938. The number of aliphatic imine (C=N–C) groups is 1. The number of unbranched alkanes of at least 4 members (excludes halogenated alkanes) is 4. The Labute approximate surface area is 276 Å². The molecule has 2 fully saturated rings. The summed E-state index contributed by atoms with van der Waals surface area (Å²) in [6.07, 6.45) is 19.9. The fraction of sp³-hybridized carbons (Fsp3) is 0.658. The van der Waals surface area contributed by atoms with Crippen LogP contribution < -0.4 is 15.8 Å². The first-order chi connectivity index (χ1) is 22.4. The van der Waals surface area contributed by atoms with Gasteiger partial charge in [0, 0.05) is 32.2 Å². The van der Waals surface area contributed by atoms with Gasteiger partial charge < -0.3 is 35.8 Å². The minimum atomic E-state index is -0.347. The van der Waals surface area contributed by atoms with Crippen molar-refractivity contribution in [1.29, 1.82) is 0 Å². The zero-order valence-corrected chi connectivity index (χ0v) is 27.9. The van der Waals surface area contributed by atoms with Crippen LogP contribution >= 0.6 is 0 Å². The summed E-state index contributed by atoms with van der Waals surface area (Å²) in [6.45, 7) is 4.57. The van der Waals surface area contributed by atoms with Crippen LogP contribution in [0.4, 0.5) is 0 Å². The lowest BCUT2D eigenvalue weighted by Gasteiger charge is -2.24. The molecule has 8 nitrogen and oxygen atoms in total. The smallest absolute Gasteiger partial charge is 0.189 e. The van der Waals surface area contributed by atoms with Gasteiger partial charge >= 0.3 is 0 Å². The summed E-state index contributed by atoms with van der Waals surface area (Å²) in [5.41, 5.74) is 10.3. The molecule has 1 aromatic rings. The van der Waals surface area contributed by atoms with E-state index in [1.165, 1.54) is 49.8 Å². The third-order valence-corrected chi connectivity index (χ3v) is 10.3. The van der Waals surface area contributed by atoms with E-state index in [4.69, 9.17) is 20.2 Å². The first-order valence-electron chi connectivity index (χ1n) is 18.0. The van der Waals surface area contributed by atoms with E-state index in [2.05, 4.69) is 11.4 Å². The van der Waals surface area contributed by atoms with E-state index in [0.717, 1.165) is 87.2 Å². The van der Waals surface area contributed by atoms with Crippen molar-refractivity contribution in [3.63, 3.8) is 0 Å². The first-order valence-corrected chi connectivity index (χ1v) is 18.0. The molecule has 5 unspecified atom stereocenters. The Balaban J connectivity index is 1.09. The van der Waals surface area contributed by atoms with Crippen LogP contribution in [0.1, 0.15) is 96.0 Å². The highest BCUT2D eigenvalue weighted by molar-refractivity contribution is 6.03. The molecule has 2 aliphatic heterocycles. The Morgan fingerprint density at radius 2 is 2.02 bits per heavy atom. The fourth-order valence-electron chi connectivity index (χ4n) is 7.88. The summed E-state index contributed by atoms with van der Waals surface area (Å²) in [5, 5.41) is 33.7. The molecule has 2 saturated carbocycles. The molecule has 5 atom stereocenters. The van der Waals surface area contributed by atoms with Crippen molar-refractivity contribution in [3.05, 3.63) is 59.2 Å². The molecule has 0 aromatic heterocycles. The van der Waals surface area contributed by atoms with Crippen molar-refractivity contribution < 1.29 is 24.8 Å². The number of aliphatic hydroxyl groups excluding tert-OH is 2. The van der Waals surface area contributed by atoms with E-state index in [0.29, 0.717) is 37.2 Å². The third kappa shape index (κ3) is 9.54. The maximum absolute atomic E-state index is 10.5. The molecular formula is C38H57N3O5. The lowest BCUT2D eigenvalue weighted by Crippen LogP contribution is -2.34. The number of fused-ring (bicyclic) bond motifs is 2. The van der Waals surface area contributed by atoms with Crippen LogP contribution in [-0.4, -0.2) is 66.1 Å². The Kier molecular flexibility index (Phi) is 13.3. The van der Waals surface area contributed by atoms with Crippen molar-refractivity contribution in [3.8, 4) is 11.5 Å². The second kappa shape index (κ2) is 17.6. The van der Waals surface area contributed by atoms with E-state index in [-0.39, 0.29) is 24.6 Å². The van der Waals surface area contributed by atoms with Crippen LogP contribution in [0.5, 0.6) is 11.5 Å². The Morgan fingerprint density at radius 1 is 1.17 bits per heavy atom. The molecule has 46 heavy (non-hydrogen) atoms. The highest BCUT2D eigenvalue weighted by Crippen LogP contribution is 2.47. The molecule has 0 spiro atoms. The standard InChI is InChI=1S/C38H57N3O5/c1-26(43)23-40-24-34-32-9-7-8-28(32)13-15-35-33(34)22-30(41-35)17-19-45-38-20-27(12-16-36(38)44)11-14-31-21-29(25-42)37(46-31)10-5-3-2-4-6-18-39/h12,16,20-22,26,28,32,34,37,40,42-44H,2-11,13-15,17-19,23-25,39H2,1H3. The van der Waals surface area contributed by atoms with Crippen LogP contribution in [0.15, 0.2) is 46.5 Å². The van der Waals surface area contributed by atoms with Gasteiger partial charge in [-0.1, -0.05) is 57.1 Å². The number of nitrogens with two attached hydrogens (primary N) is 1. The van der Waals surface area contributed by atoms with E-state index in [1.54, 1.807) is 6.07 Å². The number of aliphatic hydroxyl groups is 2. The van der Waals surface area contributed by atoms with Gasteiger partial charge in [-0.25, -0.2) is 0 Å². The fourth-order valence-corrected chi connectivity index (χ4v) is 7.88. The third-order valence-electron chi connectivity index (χ3n) is 10.3. The van der Waals surface area contributed by atoms with Crippen LogP contribution in [0.25, 0.3) is 0 Å². The van der Waals surface area contributed by atoms with Crippen LogP contribution in [0, 0.1) is 29.9 Å². The van der Waals surface area contributed by atoms with Crippen molar-refractivity contribution in [2.75, 3.05) is 32.8 Å². The second-order valence-corrected chi connectivity index (χ2v) is 13.9. The molecule has 1 aromatic carbocycles. The normalized spacial score (nSPS) is 24.7. The highest BCUT2D eigenvalue weighted by atomic mass is 16.5. The number of nitrogens with zero attached hydrogens (tertiary/aromatic N) is 1. The van der Waals surface area contributed by atoms with Gasteiger partial charge in [-0.3, -0.25) is 0 Å². The number of aryl methyl sites for hydroxylation is 1. The monoisotopic (exact) mass is 635 g/mol. The minimum Gasteiger partial charge on any atom is -0.504 e. The average molecular weight is 636 g/mol. The first kappa shape index (κ1) is 34.8. The number of phenolic OH excluding ortho intramolecular Hbond substituents is 1. The predicted molar refractivity (Wildman–Crippen MR) is 183 cm³/mol. The van der Waals surface area contributed by atoms with Gasteiger partial charge in [-0.05, 0) is 75.1 Å². The number of nitrogens with one attached hydrogen (secondary N) is 1. The lowest BCUT2D eigenvalue weighted by molar-refractivity contribution is 0.102. The van der Waals surface area contributed by atoms with Gasteiger partial charge in [0.25, 0.3) is 0 Å². The second-order valence-electron chi connectivity index (χ2n) is 13.9. The minimum absolute atomic E-state index is 0.0246. The van der Waals surface area contributed by atoms with Crippen LogP contribution in [-0.2, 0) is 11.2 Å². The SMILES string of the molecule is CC(O)CNCC1C2=C[C+](CCOc3cc(CC[C-]4C=C(CO)C(CCCCCCCN)O4)ccc3O)N=C2CCC2CCCC21. The van der Waals surface area contributed by atoms with Gasteiger partial charge in [0.05, 0.1) is 24.5 Å². The Hall–Kier alpha value is -2.49. The topological polar surface area (TPSA) is 130 Å². The number of ether oxygens (including phenoxy) is 2. The van der Waals surface area contributed by atoms with Crippen molar-refractivity contribution >= 4 is 5.71 Å². The van der Waals surface area contributed by atoms with E-state index in [1.807, 2.05) is 25.1 Å². The van der Waals surface area contributed by atoms with E-state index in [9.17, 15) is 15.3 Å². The number of hydrogen-bond acceptors (Lipinski definition) is 8. The predicted octanol–water partition coefficient (Wildman–Crippen LogP) is 5.95. The average Bonchev–Trinajstić information content (AvgIpc) is 3.77. The molecule has 6 N–H and O–H groups in total. The van der Waals surface area contributed by atoms with Gasteiger partial charge in [-0.15, -0.1) is 4.99 Å². The molecule has 0 amide bonds. The van der Waals surface area contributed by atoms with Gasteiger partial charge in [0.1, 0.15) is 12.2 Å². The van der Waals surface area contributed by atoms with Gasteiger partial charge in [0.2, 0.25) is 0 Å². The van der Waals surface area contributed by atoms with Crippen LogP contribution in [0.2, 0.25) is 0 Å². The van der Waals surface area contributed by atoms with Gasteiger partial charge in [-0.2, -0.15) is 11.6 Å². The summed E-state index contributed by atoms with van der Waals surface area (Å²) < 4.78 is 12.3. The lowest BCUT2D eigenvalue weighted by atomic mass is 9.80. The zero-order valence-electron chi connectivity index (χ0n) is 27.9.